The molecule has 2 unspecified atom stereocenters. The number of rotatable bonds is 14. The van der Waals surface area contributed by atoms with Crippen molar-refractivity contribution in [1.29, 1.82) is 0 Å². The van der Waals surface area contributed by atoms with Crippen LogP contribution in [0.2, 0.25) is 0 Å². The van der Waals surface area contributed by atoms with Gasteiger partial charge in [-0.1, -0.05) is 25.0 Å². The lowest BCUT2D eigenvalue weighted by Gasteiger charge is -2.18. The van der Waals surface area contributed by atoms with Crippen molar-refractivity contribution < 1.29 is 42.7 Å². The standard InChI is InChI=1S/C35H37N4O11P/c36-31-12-14-39(35(44)38-31)32-19-27(42)30(50-32)20-48-51(45,46)47-15-4-2-1-3-13-37-34(43)22-7-5-6-21(16-22)33-25-10-8-23(40)17-28(25)49-29-18-24(41)9-11-26(29)33/h5-12,14,16-18,27,30,32,40,42H,1-4,13,15,19-20H2,(H,37,43)(H,45,46)(H2,36,38,44)/t27?,30-,32-/m1/s1. The summed E-state index contributed by atoms with van der Waals surface area (Å²) in [6.07, 6.45) is 1.14. The Morgan fingerprint density at radius 1 is 1.04 bits per heavy atom. The minimum absolute atomic E-state index is 0.0225. The summed E-state index contributed by atoms with van der Waals surface area (Å²) < 4.78 is 35.2. The fraction of sp³-hybridized carbons (Fsp3) is 0.314. The zero-order chi connectivity index (χ0) is 36.1. The van der Waals surface area contributed by atoms with E-state index < -0.39 is 38.6 Å². The number of aliphatic hydroxyl groups excluding tert-OH is 1. The lowest BCUT2D eigenvalue weighted by Crippen LogP contribution is -2.28. The molecule has 4 atom stereocenters. The minimum Gasteiger partial charge on any atom is -0.508 e. The molecule has 6 rings (SSSR count). The maximum Gasteiger partial charge on any atom is 0.472 e. The monoisotopic (exact) mass is 720 g/mol. The van der Waals surface area contributed by atoms with E-state index in [1.54, 1.807) is 36.4 Å². The largest absolute Gasteiger partial charge is 0.508 e. The van der Waals surface area contributed by atoms with Gasteiger partial charge in [-0.15, -0.1) is 0 Å². The van der Waals surface area contributed by atoms with Crippen LogP contribution in [0.25, 0.3) is 33.4 Å². The number of aromatic nitrogens is 2. The number of aromatic hydroxyl groups is 1. The molecule has 1 aliphatic carbocycles. The number of carbonyl (C=O) groups is 1. The summed E-state index contributed by atoms with van der Waals surface area (Å²) in [7, 11) is -4.42. The number of nitrogens with two attached hydrogens (primary N) is 1. The lowest BCUT2D eigenvalue weighted by molar-refractivity contribution is -0.0464. The van der Waals surface area contributed by atoms with Gasteiger partial charge in [0.05, 0.1) is 19.3 Å². The van der Waals surface area contributed by atoms with Crippen molar-refractivity contribution in [3.8, 4) is 28.2 Å². The number of hydrogen-bond donors (Lipinski definition) is 5. The fourth-order valence-corrected chi connectivity index (χ4v) is 6.71. The molecule has 1 amide bonds. The molecule has 1 saturated heterocycles. The number of ether oxygens (including phenoxy) is 1. The molecule has 2 aliphatic heterocycles. The Morgan fingerprint density at radius 3 is 2.69 bits per heavy atom. The van der Waals surface area contributed by atoms with Gasteiger partial charge in [0, 0.05) is 53.4 Å². The number of nitrogen functional groups attached to an aromatic ring is 1. The van der Waals surface area contributed by atoms with Crippen molar-refractivity contribution in [3.05, 3.63) is 99.2 Å². The number of fused-ring (bicyclic) bond motifs is 2. The van der Waals surface area contributed by atoms with Crippen LogP contribution in [0.3, 0.4) is 0 Å². The Labute approximate surface area is 291 Å². The van der Waals surface area contributed by atoms with Crippen LogP contribution < -0.4 is 22.2 Å². The highest BCUT2D eigenvalue weighted by Crippen LogP contribution is 2.44. The predicted octanol–water partition coefficient (Wildman–Crippen LogP) is 4.18. The summed E-state index contributed by atoms with van der Waals surface area (Å²) in [4.78, 5) is 50.8. The van der Waals surface area contributed by atoms with Crippen molar-refractivity contribution in [3.63, 3.8) is 0 Å². The van der Waals surface area contributed by atoms with Crippen LogP contribution in [0.5, 0.6) is 5.75 Å². The van der Waals surface area contributed by atoms with Crippen molar-refractivity contribution in [1.82, 2.24) is 14.9 Å². The summed E-state index contributed by atoms with van der Waals surface area (Å²) in [6.45, 7) is -0.0508. The molecule has 16 heteroatoms. The van der Waals surface area contributed by atoms with Crippen molar-refractivity contribution in [2.24, 2.45) is 0 Å². The van der Waals surface area contributed by atoms with E-state index in [1.165, 1.54) is 35.0 Å². The first kappa shape index (κ1) is 35.9. The molecule has 15 nitrogen and oxygen atoms in total. The van der Waals surface area contributed by atoms with Crippen molar-refractivity contribution in [2.75, 3.05) is 25.5 Å². The highest BCUT2D eigenvalue weighted by Gasteiger charge is 2.37. The van der Waals surface area contributed by atoms with Crippen LogP contribution in [0.4, 0.5) is 5.82 Å². The van der Waals surface area contributed by atoms with E-state index in [0.717, 1.165) is 17.5 Å². The van der Waals surface area contributed by atoms with Gasteiger partial charge in [0.2, 0.25) is 0 Å². The molecule has 1 fully saturated rings. The number of phosphoric ester groups is 1. The molecule has 2 aromatic carbocycles. The van der Waals surface area contributed by atoms with Crippen LogP contribution in [0.1, 0.15) is 48.7 Å². The van der Waals surface area contributed by atoms with Gasteiger partial charge >= 0.3 is 13.5 Å². The van der Waals surface area contributed by atoms with E-state index in [4.69, 9.17) is 23.9 Å². The van der Waals surface area contributed by atoms with E-state index in [0.29, 0.717) is 53.7 Å². The van der Waals surface area contributed by atoms with E-state index in [1.807, 2.05) is 6.07 Å². The quantitative estimate of drug-likeness (QED) is 0.0617. The molecule has 0 radical (unpaired) electrons. The number of benzene rings is 3. The van der Waals surface area contributed by atoms with E-state index in [2.05, 4.69) is 10.3 Å². The fourth-order valence-electron chi connectivity index (χ4n) is 5.94. The molecule has 268 valence electrons. The number of phenols is 1. The molecule has 51 heavy (non-hydrogen) atoms. The van der Waals surface area contributed by atoms with Crippen LogP contribution in [0.15, 0.2) is 86.9 Å². The molecule has 0 spiro atoms. The number of nitrogens with zero attached hydrogens (tertiary/aromatic N) is 2. The van der Waals surface area contributed by atoms with Gasteiger partial charge in [0.1, 0.15) is 35.2 Å². The van der Waals surface area contributed by atoms with Gasteiger partial charge in [0.25, 0.3) is 5.91 Å². The van der Waals surface area contributed by atoms with Gasteiger partial charge in [-0.2, -0.15) is 4.98 Å². The third-order valence-corrected chi connectivity index (χ3v) is 9.45. The molecule has 0 saturated carbocycles. The van der Waals surface area contributed by atoms with Gasteiger partial charge in [-0.25, -0.2) is 9.36 Å². The summed E-state index contributed by atoms with van der Waals surface area (Å²) in [5, 5.41) is 23.9. The molecule has 3 aliphatic rings. The number of hydrogen-bond acceptors (Lipinski definition) is 12. The highest BCUT2D eigenvalue weighted by atomic mass is 31.2. The average Bonchev–Trinajstić information content (AvgIpc) is 3.46. The number of phenolic OH excluding ortho intramolecular Hbond substituents is 1. The van der Waals surface area contributed by atoms with Gasteiger partial charge in [-0.3, -0.25) is 23.2 Å². The summed E-state index contributed by atoms with van der Waals surface area (Å²) in [5.41, 5.74) is 7.70. The van der Waals surface area contributed by atoms with Crippen molar-refractivity contribution >= 4 is 30.5 Å². The van der Waals surface area contributed by atoms with E-state index >= 15 is 0 Å². The lowest BCUT2D eigenvalue weighted by atomic mass is 9.92. The Kier molecular flexibility index (Phi) is 11.0. The normalized spacial score (nSPS) is 18.6. The molecular weight excluding hydrogens is 683 g/mol. The minimum atomic E-state index is -4.42. The first-order valence-electron chi connectivity index (χ1n) is 16.4. The number of carbonyl (C=O) groups excluding carboxylic acids is 1. The van der Waals surface area contributed by atoms with Crippen LogP contribution in [0, 0.1) is 0 Å². The number of aliphatic hydroxyl groups is 1. The van der Waals surface area contributed by atoms with Crippen LogP contribution in [-0.4, -0.2) is 62.5 Å². The second kappa shape index (κ2) is 15.6. The third-order valence-electron chi connectivity index (χ3n) is 8.47. The molecular formula is C35H37N4O11P. The maximum atomic E-state index is 13.0. The number of phosphoric acid groups is 1. The smallest absolute Gasteiger partial charge is 0.472 e. The first-order chi connectivity index (χ1) is 24.5. The second-order valence-electron chi connectivity index (χ2n) is 12.1. The summed E-state index contributed by atoms with van der Waals surface area (Å²) >= 11 is 0. The Balaban J connectivity index is 0.932. The zero-order valence-electron chi connectivity index (χ0n) is 27.3. The Bertz CT molecular complexity index is 2170. The predicted molar refractivity (Wildman–Crippen MR) is 186 cm³/mol. The summed E-state index contributed by atoms with van der Waals surface area (Å²) in [5.74, 6) is 0.182. The zero-order valence-corrected chi connectivity index (χ0v) is 28.2. The van der Waals surface area contributed by atoms with Gasteiger partial charge in [0.15, 0.2) is 5.43 Å². The van der Waals surface area contributed by atoms with E-state index in [9.17, 15) is 34.1 Å². The summed E-state index contributed by atoms with van der Waals surface area (Å²) in [6, 6.07) is 17.8. The topological polar surface area (TPSA) is 226 Å². The van der Waals surface area contributed by atoms with Crippen molar-refractivity contribution in [2.45, 2.75) is 50.5 Å². The van der Waals surface area contributed by atoms with Crippen LogP contribution in [-0.2, 0) is 18.3 Å². The molecule has 3 aromatic rings. The maximum absolute atomic E-state index is 13.0. The molecule has 0 bridgehead atoms. The molecule has 3 heterocycles. The van der Waals surface area contributed by atoms with Gasteiger partial charge in [-0.05, 0) is 60.9 Å². The number of amides is 1. The number of unbranched alkanes of at least 4 members (excludes halogenated alkanes) is 3. The third kappa shape index (κ3) is 8.71. The van der Waals surface area contributed by atoms with Crippen LogP contribution >= 0.6 is 7.82 Å². The number of anilines is 1. The molecule has 6 N–H and O–H groups in total. The number of nitrogens with one attached hydrogen (secondary N) is 1. The second-order valence-corrected chi connectivity index (χ2v) is 13.6. The Morgan fingerprint density at radius 2 is 1.86 bits per heavy atom. The van der Waals surface area contributed by atoms with E-state index in [-0.39, 0.29) is 35.9 Å². The average molecular weight is 721 g/mol. The SMILES string of the molecule is Nc1ccn([C@H]2CC(O)[C@@H](COP(=O)(O)OCCCCCCNC(=O)c3cccc(-c4c5ccc(=O)cc-5oc5cc(O)ccc45)c3)O2)c(=O)n1. The molecule has 1 aromatic heterocycles. The highest BCUT2D eigenvalue weighted by molar-refractivity contribution is 7.47. The van der Waals surface area contributed by atoms with Gasteiger partial charge < -0.3 is 35.3 Å². The first-order valence-corrected chi connectivity index (χ1v) is 17.9. The Hall–Kier alpha value is -4.89.